The summed E-state index contributed by atoms with van der Waals surface area (Å²) >= 11 is 0. The van der Waals surface area contributed by atoms with E-state index in [9.17, 15) is 9.18 Å². The van der Waals surface area contributed by atoms with Crippen LogP contribution in [0.2, 0.25) is 18.1 Å². The Morgan fingerprint density at radius 2 is 1.72 bits per heavy atom. The molecule has 0 spiro atoms. The van der Waals surface area contributed by atoms with Crippen molar-refractivity contribution in [3.8, 4) is 0 Å². The molecule has 0 saturated heterocycles. The third-order valence-electron chi connectivity index (χ3n) is 3.55. The Bertz CT molecular complexity index is 407. The number of benzene rings is 1. The zero-order valence-corrected chi connectivity index (χ0v) is 12.7. The fraction of sp³-hybridized carbons (Fsp3) is 0.500. The summed E-state index contributed by atoms with van der Waals surface area (Å²) in [4.78, 5) is 11.2. The van der Waals surface area contributed by atoms with Gasteiger partial charge in [-0.3, -0.25) is 0 Å². The van der Waals surface area contributed by atoms with Gasteiger partial charge in [0, 0.05) is 0 Å². The lowest BCUT2D eigenvalue weighted by Crippen LogP contribution is -2.42. The van der Waals surface area contributed by atoms with Crippen LogP contribution in [0.15, 0.2) is 24.3 Å². The highest BCUT2D eigenvalue weighted by Gasteiger charge is 2.39. The summed E-state index contributed by atoms with van der Waals surface area (Å²) in [6.45, 7) is 10.5. The number of hydrogen-bond acceptors (Lipinski definition) is 2. The van der Waals surface area contributed by atoms with Gasteiger partial charge in [0.2, 0.25) is 0 Å². The first kappa shape index (κ1) is 15.1. The number of halogens is 1. The number of rotatable bonds is 4. The topological polar surface area (TPSA) is 26.3 Å². The first-order valence-electron chi connectivity index (χ1n) is 6.06. The van der Waals surface area contributed by atoms with Gasteiger partial charge >= 0.3 is 0 Å². The molecule has 0 heterocycles. The van der Waals surface area contributed by atoms with Gasteiger partial charge in [-0.1, -0.05) is 32.9 Å². The lowest BCUT2D eigenvalue weighted by molar-refractivity contribution is -0.114. The Hall–Kier alpha value is -1.00. The molecule has 1 rings (SSSR count). The molecule has 0 aliphatic rings. The van der Waals surface area contributed by atoms with Gasteiger partial charge < -0.3 is 9.22 Å². The second-order valence-electron chi connectivity index (χ2n) is 5.99. The zero-order valence-electron chi connectivity index (χ0n) is 11.7. The van der Waals surface area contributed by atoms with Crippen LogP contribution in [0, 0.1) is 5.82 Å². The van der Waals surface area contributed by atoms with Gasteiger partial charge in [0.25, 0.3) is 0 Å². The molecule has 1 atom stereocenters. The lowest BCUT2D eigenvalue weighted by atomic mass is 10.1. The fourth-order valence-electron chi connectivity index (χ4n) is 1.32. The van der Waals surface area contributed by atoms with Gasteiger partial charge in [-0.2, -0.15) is 0 Å². The Labute approximate surface area is 109 Å². The highest BCUT2D eigenvalue weighted by molar-refractivity contribution is 6.74. The molecule has 2 nitrogen and oxygen atoms in total. The molecule has 0 aromatic heterocycles. The number of hydrogen-bond donors (Lipinski definition) is 0. The van der Waals surface area contributed by atoms with Gasteiger partial charge in [0.1, 0.15) is 11.9 Å². The van der Waals surface area contributed by atoms with Crippen molar-refractivity contribution < 1.29 is 13.6 Å². The molecule has 18 heavy (non-hydrogen) atoms. The van der Waals surface area contributed by atoms with Crippen LogP contribution < -0.4 is 0 Å². The molecule has 0 saturated carbocycles. The third kappa shape index (κ3) is 3.49. The predicted octanol–water partition coefficient (Wildman–Crippen LogP) is 4.09. The van der Waals surface area contributed by atoms with Crippen molar-refractivity contribution in [3.05, 3.63) is 35.6 Å². The maximum Gasteiger partial charge on any atom is 0.193 e. The molecule has 1 aromatic carbocycles. The van der Waals surface area contributed by atoms with Crippen LogP contribution in [0.25, 0.3) is 0 Å². The lowest BCUT2D eigenvalue weighted by Gasteiger charge is -2.38. The van der Waals surface area contributed by atoms with E-state index >= 15 is 0 Å². The molecule has 0 aliphatic carbocycles. The summed E-state index contributed by atoms with van der Waals surface area (Å²) in [5.41, 5.74) is 0.705. The summed E-state index contributed by atoms with van der Waals surface area (Å²) in [5.74, 6) is -0.310. The van der Waals surface area contributed by atoms with E-state index in [4.69, 9.17) is 4.43 Å². The first-order valence-corrected chi connectivity index (χ1v) is 8.97. The molecule has 100 valence electrons. The molecular weight excluding hydrogens is 247 g/mol. The number of carbonyl (C=O) groups excluding carboxylic acids is 1. The van der Waals surface area contributed by atoms with E-state index in [1.165, 1.54) is 12.1 Å². The quantitative estimate of drug-likeness (QED) is 0.607. The van der Waals surface area contributed by atoms with Crippen LogP contribution in [0.1, 0.15) is 32.4 Å². The van der Waals surface area contributed by atoms with Crippen molar-refractivity contribution in [2.45, 2.75) is 45.0 Å². The minimum atomic E-state index is -2.01. The summed E-state index contributed by atoms with van der Waals surface area (Å²) in [7, 11) is -2.01. The maximum absolute atomic E-state index is 12.9. The second-order valence-corrected chi connectivity index (χ2v) is 10.7. The van der Waals surface area contributed by atoms with E-state index in [-0.39, 0.29) is 10.9 Å². The van der Waals surface area contributed by atoms with Crippen LogP contribution in [0.4, 0.5) is 4.39 Å². The second kappa shape index (κ2) is 5.32. The standard InChI is InChI=1S/C14H21FO2Si/c1-14(2,3)18(4,5)17-13(10-16)11-6-8-12(15)9-7-11/h6-10,13H,1-5H3. The van der Waals surface area contributed by atoms with Crippen LogP contribution in [-0.4, -0.2) is 14.6 Å². The zero-order chi connectivity index (χ0) is 14.0. The molecular formula is C14H21FO2Si. The molecule has 1 unspecified atom stereocenters. The minimum absolute atomic E-state index is 0.0360. The van der Waals surface area contributed by atoms with E-state index in [0.29, 0.717) is 5.56 Å². The predicted molar refractivity (Wildman–Crippen MR) is 73.5 cm³/mol. The summed E-state index contributed by atoms with van der Waals surface area (Å²) in [6.07, 6.45) is 0.180. The molecule has 0 bridgehead atoms. The Morgan fingerprint density at radius 3 is 2.11 bits per heavy atom. The summed E-state index contributed by atoms with van der Waals surface area (Å²) in [5, 5.41) is 0.0360. The molecule has 1 aromatic rings. The fourth-order valence-corrected chi connectivity index (χ4v) is 2.50. The van der Waals surface area contributed by atoms with Gasteiger partial charge in [-0.05, 0) is 35.8 Å². The van der Waals surface area contributed by atoms with E-state index in [1.807, 2.05) is 0 Å². The third-order valence-corrected chi connectivity index (χ3v) is 8.01. The van der Waals surface area contributed by atoms with Crippen LogP contribution >= 0.6 is 0 Å². The number of carbonyl (C=O) groups is 1. The monoisotopic (exact) mass is 268 g/mol. The Kier molecular flexibility index (Phi) is 4.45. The Morgan fingerprint density at radius 1 is 1.22 bits per heavy atom. The smallest absolute Gasteiger partial charge is 0.193 e. The van der Waals surface area contributed by atoms with Crippen molar-refractivity contribution in [1.29, 1.82) is 0 Å². The average Bonchev–Trinajstić information content (AvgIpc) is 2.25. The van der Waals surface area contributed by atoms with Crippen LogP contribution in [0.5, 0.6) is 0 Å². The van der Waals surface area contributed by atoms with Crippen molar-refractivity contribution in [2.24, 2.45) is 0 Å². The summed E-state index contributed by atoms with van der Waals surface area (Å²) < 4.78 is 18.9. The SMILES string of the molecule is CC(C)(C)[Si](C)(C)OC(C=O)c1ccc(F)cc1. The minimum Gasteiger partial charge on any atom is -0.403 e. The number of aldehydes is 1. The average molecular weight is 268 g/mol. The first-order chi connectivity index (χ1) is 8.17. The molecule has 0 radical (unpaired) electrons. The maximum atomic E-state index is 12.9. The normalized spacial score (nSPS) is 14.3. The van der Waals surface area contributed by atoms with Crippen molar-refractivity contribution in [1.82, 2.24) is 0 Å². The van der Waals surface area contributed by atoms with E-state index in [0.717, 1.165) is 6.29 Å². The van der Waals surface area contributed by atoms with Gasteiger partial charge in [0.15, 0.2) is 14.6 Å². The van der Waals surface area contributed by atoms with Gasteiger partial charge in [-0.25, -0.2) is 4.39 Å². The highest BCUT2D eigenvalue weighted by Crippen LogP contribution is 2.39. The van der Waals surface area contributed by atoms with Gasteiger partial charge in [0.05, 0.1) is 0 Å². The van der Waals surface area contributed by atoms with E-state index < -0.39 is 14.4 Å². The summed E-state index contributed by atoms with van der Waals surface area (Å²) in [6, 6.07) is 5.89. The van der Waals surface area contributed by atoms with E-state index in [1.54, 1.807) is 12.1 Å². The van der Waals surface area contributed by atoms with Crippen molar-refractivity contribution in [2.75, 3.05) is 0 Å². The van der Waals surface area contributed by atoms with Crippen LogP contribution in [0.3, 0.4) is 0 Å². The van der Waals surface area contributed by atoms with Gasteiger partial charge in [-0.15, -0.1) is 0 Å². The molecule has 0 fully saturated rings. The molecule has 0 N–H and O–H groups in total. The van der Waals surface area contributed by atoms with Crippen molar-refractivity contribution in [3.63, 3.8) is 0 Å². The molecule has 0 amide bonds. The van der Waals surface area contributed by atoms with Crippen molar-refractivity contribution >= 4 is 14.6 Å². The highest BCUT2D eigenvalue weighted by atomic mass is 28.4. The van der Waals surface area contributed by atoms with E-state index in [2.05, 4.69) is 33.9 Å². The molecule has 4 heteroatoms. The largest absolute Gasteiger partial charge is 0.403 e. The Balaban J connectivity index is 2.92. The molecule has 0 aliphatic heterocycles. The van der Waals surface area contributed by atoms with Crippen LogP contribution in [-0.2, 0) is 9.22 Å².